The van der Waals surface area contributed by atoms with E-state index >= 15 is 0 Å². The highest BCUT2D eigenvalue weighted by molar-refractivity contribution is 5.50. The van der Waals surface area contributed by atoms with Crippen molar-refractivity contribution < 1.29 is 0 Å². The van der Waals surface area contributed by atoms with Gasteiger partial charge in [-0.1, -0.05) is 12.1 Å². The lowest BCUT2D eigenvalue weighted by Gasteiger charge is -2.47. The summed E-state index contributed by atoms with van der Waals surface area (Å²) in [6.07, 6.45) is 2.80. The maximum absolute atomic E-state index is 3.78. The van der Waals surface area contributed by atoms with Crippen LogP contribution in [-0.2, 0) is 0 Å². The summed E-state index contributed by atoms with van der Waals surface area (Å²) >= 11 is 0. The minimum Gasteiger partial charge on any atom is -0.366 e. The molecule has 0 aromatic heterocycles. The zero-order valence-electron chi connectivity index (χ0n) is 11.7. The first kappa shape index (κ1) is 12.0. The van der Waals surface area contributed by atoms with Crippen molar-refractivity contribution >= 4 is 5.69 Å². The van der Waals surface area contributed by atoms with Gasteiger partial charge in [0, 0.05) is 30.4 Å². The lowest BCUT2D eigenvalue weighted by atomic mass is 9.90. The maximum atomic E-state index is 3.78. The van der Waals surface area contributed by atoms with E-state index in [9.17, 15) is 0 Å². The second-order valence-electron chi connectivity index (χ2n) is 6.39. The third-order valence-corrected chi connectivity index (χ3v) is 4.64. The van der Waals surface area contributed by atoms with Gasteiger partial charge >= 0.3 is 0 Å². The van der Waals surface area contributed by atoms with Gasteiger partial charge in [0.15, 0.2) is 0 Å². The van der Waals surface area contributed by atoms with Crippen LogP contribution in [0.15, 0.2) is 24.3 Å². The van der Waals surface area contributed by atoms with Crippen LogP contribution in [0.25, 0.3) is 0 Å². The first-order chi connectivity index (χ1) is 8.58. The Bertz CT molecular complexity index is 438. The van der Waals surface area contributed by atoms with Crippen molar-refractivity contribution in [3.63, 3.8) is 0 Å². The van der Waals surface area contributed by atoms with Gasteiger partial charge in [-0.25, -0.2) is 0 Å². The van der Waals surface area contributed by atoms with E-state index in [0.29, 0.717) is 11.6 Å². The molecule has 0 bridgehead atoms. The molecule has 2 heteroatoms. The number of hydrogen-bond donors (Lipinski definition) is 1. The number of nitrogens with one attached hydrogen (secondary N) is 1. The summed E-state index contributed by atoms with van der Waals surface area (Å²) in [6, 6.07) is 9.50. The van der Waals surface area contributed by atoms with E-state index in [1.54, 1.807) is 0 Å². The Labute approximate surface area is 110 Å². The van der Waals surface area contributed by atoms with E-state index in [-0.39, 0.29) is 0 Å². The molecular weight excluding hydrogens is 220 g/mol. The van der Waals surface area contributed by atoms with E-state index in [1.165, 1.54) is 24.1 Å². The topological polar surface area (TPSA) is 15.3 Å². The molecule has 0 radical (unpaired) electrons. The predicted molar refractivity (Wildman–Crippen MR) is 77.1 cm³/mol. The van der Waals surface area contributed by atoms with Crippen LogP contribution >= 0.6 is 0 Å². The van der Waals surface area contributed by atoms with E-state index in [0.717, 1.165) is 19.0 Å². The van der Waals surface area contributed by atoms with Crippen molar-refractivity contribution in [2.75, 3.05) is 18.0 Å². The standard InChI is InChI=1S/C16H24N2/c1-12-5-4-6-15(9-12)18-11-16(3,14-7-8-14)17-10-13(18)2/h4-6,9,13-14,17H,7-8,10-11H2,1-3H3. The summed E-state index contributed by atoms with van der Waals surface area (Å²) in [5, 5.41) is 3.78. The van der Waals surface area contributed by atoms with Crippen molar-refractivity contribution in [1.29, 1.82) is 0 Å². The van der Waals surface area contributed by atoms with Gasteiger partial charge in [0.05, 0.1) is 0 Å². The Balaban J connectivity index is 1.85. The number of aryl methyl sites for hydroxylation is 1. The highest BCUT2D eigenvalue weighted by Gasteiger charge is 2.45. The van der Waals surface area contributed by atoms with Crippen LogP contribution in [0, 0.1) is 12.8 Å². The van der Waals surface area contributed by atoms with Crippen LogP contribution in [0.5, 0.6) is 0 Å². The fourth-order valence-corrected chi connectivity index (χ4v) is 3.20. The van der Waals surface area contributed by atoms with Gasteiger partial charge in [-0.05, 0) is 57.2 Å². The van der Waals surface area contributed by atoms with E-state index in [1.807, 2.05) is 0 Å². The Kier molecular flexibility index (Phi) is 2.86. The summed E-state index contributed by atoms with van der Waals surface area (Å²) in [4.78, 5) is 2.59. The Morgan fingerprint density at radius 1 is 1.33 bits per heavy atom. The molecule has 18 heavy (non-hydrogen) atoms. The number of anilines is 1. The molecule has 1 aromatic rings. The van der Waals surface area contributed by atoms with Crippen LogP contribution in [0.2, 0.25) is 0 Å². The van der Waals surface area contributed by atoms with Gasteiger partial charge in [0.25, 0.3) is 0 Å². The molecule has 3 rings (SSSR count). The molecule has 1 heterocycles. The number of benzene rings is 1. The van der Waals surface area contributed by atoms with E-state index in [2.05, 4.69) is 55.3 Å². The maximum Gasteiger partial charge on any atom is 0.0387 e. The molecule has 98 valence electrons. The summed E-state index contributed by atoms with van der Waals surface area (Å²) in [5.41, 5.74) is 3.05. The van der Waals surface area contributed by atoms with E-state index < -0.39 is 0 Å². The molecule has 1 aliphatic carbocycles. The normalized spacial score (nSPS) is 32.6. The van der Waals surface area contributed by atoms with Gasteiger partial charge in [-0.2, -0.15) is 0 Å². The molecule has 2 fully saturated rings. The second-order valence-corrected chi connectivity index (χ2v) is 6.39. The molecule has 1 saturated carbocycles. The molecule has 1 N–H and O–H groups in total. The third-order valence-electron chi connectivity index (χ3n) is 4.64. The predicted octanol–water partition coefficient (Wildman–Crippen LogP) is 2.96. The van der Waals surface area contributed by atoms with Crippen molar-refractivity contribution in [1.82, 2.24) is 5.32 Å². The quantitative estimate of drug-likeness (QED) is 0.860. The van der Waals surface area contributed by atoms with Crippen LogP contribution in [0.1, 0.15) is 32.3 Å². The lowest BCUT2D eigenvalue weighted by Crippen LogP contribution is -2.63. The fraction of sp³-hybridized carbons (Fsp3) is 0.625. The number of nitrogens with zero attached hydrogens (tertiary/aromatic N) is 1. The lowest BCUT2D eigenvalue weighted by molar-refractivity contribution is 0.261. The number of rotatable bonds is 2. The van der Waals surface area contributed by atoms with Gasteiger partial charge in [0.2, 0.25) is 0 Å². The molecule has 0 amide bonds. The van der Waals surface area contributed by atoms with Gasteiger partial charge in [0.1, 0.15) is 0 Å². The third kappa shape index (κ3) is 2.14. The summed E-state index contributed by atoms with van der Waals surface area (Å²) < 4.78 is 0. The number of piperazine rings is 1. The molecule has 1 aliphatic heterocycles. The molecular formula is C16H24N2. The van der Waals surface area contributed by atoms with Gasteiger partial charge in [-0.3, -0.25) is 0 Å². The Morgan fingerprint density at radius 2 is 2.11 bits per heavy atom. The van der Waals surface area contributed by atoms with Crippen molar-refractivity contribution in [2.24, 2.45) is 5.92 Å². The smallest absolute Gasteiger partial charge is 0.0387 e. The average Bonchev–Trinajstić information content (AvgIpc) is 3.17. The molecule has 1 aromatic carbocycles. The van der Waals surface area contributed by atoms with Crippen molar-refractivity contribution in [2.45, 2.75) is 45.2 Å². The van der Waals surface area contributed by atoms with Crippen molar-refractivity contribution in [3.05, 3.63) is 29.8 Å². The summed E-state index contributed by atoms with van der Waals surface area (Å²) in [6.45, 7) is 9.14. The highest BCUT2D eigenvalue weighted by Crippen LogP contribution is 2.42. The minimum absolute atomic E-state index is 0.316. The van der Waals surface area contributed by atoms with Crippen molar-refractivity contribution in [3.8, 4) is 0 Å². The Morgan fingerprint density at radius 3 is 2.78 bits per heavy atom. The van der Waals surface area contributed by atoms with Crippen LogP contribution in [-0.4, -0.2) is 24.7 Å². The first-order valence-electron chi connectivity index (χ1n) is 7.17. The number of hydrogen-bond acceptors (Lipinski definition) is 2. The molecule has 2 unspecified atom stereocenters. The first-order valence-corrected chi connectivity index (χ1v) is 7.17. The zero-order chi connectivity index (χ0) is 12.8. The van der Waals surface area contributed by atoms with Gasteiger partial charge in [-0.15, -0.1) is 0 Å². The molecule has 2 nitrogen and oxygen atoms in total. The summed E-state index contributed by atoms with van der Waals surface area (Å²) in [5.74, 6) is 0.886. The van der Waals surface area contributed by atoms with Gasteiger partial charge < -0.3 is 10.2 Å². The second kappa shape index (κ2) is 4.27. The fourth-order valence-electron chi connectivity index (χ4n) is 3.20. The summed E-state index contributed by atoms with van der Waals surface area (Å²) in [7, 11) is 0. The zero-order valence-corrected chi connectivity index (χ0v) is 11.7. The minimum atomic E-state index is 0.316. The molecule has 2 aliphatic rings. The molecule has 2 atom stereocenters. The molecule has 1 saturated heterocycles. The van der Waals surface area contributed by atoms with Crippen LogP contribution in [0.4, 0.5) is 5.69 Å². The SMILES string of the molecule is Cc1cccc(N2CC(C)(C3CC3)NCC2C)c1. The largest absolute Gasteiger partial charge is 0.366 e. The molecule has 0 spiro atoms. The van der Waals surface area contributed by atoms with Crippen LogP contribution < -0.4 is 10.2 Å². The monoisotopic (exact) mass is 244 g/mol. The Hall–Kier alpha value is -1.02. The average molecular weight is 244 g/mol. The van der Waals surface area contributed by atoms with Crippen LogP contribution in [0.3, 0.4) is 0 Å². The highest BCUT2D eigenvalue weighted by atomic mass is 15.3. The van der Waals surface area contributed by atoms with E-state index in [4.69, 9.17) is 0 Å².